The van der Waals surface area contributed by atoms with Crippen LogP contribution in [0.5, 0.6) is 0 Å². The zero-order valence-corrected chi connectivity index (χ0v) is 10.6. The normalized spacial score (nSPS) is 19.8. The lowest BCUT2D eigenvalue weighted by molar-refractivity contribution is -0.136. The Bertz CT molecular complexity index is 519. The SMILES string of the molecule is O=C(O)Cc1cnc(CC2CCS(=O)(=O)CC2)o1. The van der Waals surface area contributed by atoms with Crippen molar-refractivity contribution >= 4 is 15.8 Å². The van der Waals surface area contributed by atoms with Crippen LogP contribution in [-0.2, 0) is 27.5 Å². The molecule has 0 unspecified atom stereocenters. The molecule has 6 nitrogen and oxygen atoms in total. The molecule has 0 atom stereocenters. The summed E-state index contributed by atoms with van der Waals surface area (Å²) in [6.07, 6.45) is 3.07. The quantitative estimate of drug-likeness (QED) is 0.865. The van der Waals surface area contributed by atoms with E-state index in [1.807, 2.05) is 0 Å². The third kappa shape index (κ3) is 3.56. The first-order chi connectivity index (χ1) is 8.44. The first-order valence-electron chi connectivity index (χ1n) is 5.80. The van der Waals surface area contributed by atoms with Crippen LogP contribution in [-0.4, -0.2) is 36.0 Å². The number of oxazole rings is 1. The van der Waals surface area contributed by atoms with Gasteiger partial charge in [0.1, 0.15) is 22.0 Å². The number of sulfone groups is 1. The lowest BCUT2D eigenvalue weighted by Crippen LogP contribution is -2.24. The molecule has 0 radical (unpaired) electrons. The number of aromatic nitrogens is 1. The maximum absolute atomic E-state index is 11.3. The summed E-state index contributed by atoms with van der Waals surface area (Å²) in [6.45, 7) is 0. The van der Waals surface area contributed by atoms with Crippen molar-refractivity contribution in [3.63, 3.8) is 0 Å². The van der Waals surface area contributed by atoms with Crippen LogP contribution in [0.25, 0.3) is 0 Å². The van der Waals surface area contributed by atoms with Gasteiger partial charge in [-0.3, -0.25) is 4.79 Å². The minimum absolute atomic E-state index is 0.175. The lowest BCUT2D eigenvalue weighted by atomic mass is 9.99. The summed E-state index contributed by atoms with van der Waals surface area (Å²) in [4.78, 5) is 14.5. The van der Waals surface area contributed by atoms with Gasteiger partial charge in [0.25, 0.3) is 0 Å². The van der Waals surface area contributed by atoms with Gasteiger partial charge in [-0.1, -0.05) is 0 Å². The Labute approximate surface area is 105 Å². The van der Waals surface area contributed by atoms with Crippen molar-refractivity contribution in [1.82, 2.24) is 4.98 Å². The van der Waals surface area contributed by atoms with Crippen molar-refractivity contribution < 1.29 is 22.7 Å². The number of carboxylic acid groups (broad SMARTS) is 1. The van der Waals surface area contributed by atoms with E-state index in [9.17, 15) is 13.2 Å². The average molecular weight is 273 g/mol. The third-order valence-electron chi connectivity index (χ3n) is 3.06. The summed E-state index contributed by atoms with van der Waals surface area (Å²) in [7, 11) is -2.85. The fourth-order valence-electron chi connectivity index (χ4n) is 2.06. The third-order valence-corrected chi connectivity index (χ3v) is 4.78. The Morgan fingerprint density at radius 2 is 2.11 bits per heavy atom. The van der Waals surface area contributed by atoms with Gasteiger partial charge in [-0.2, -0.15) is 0 Å². The summed E-state index contributed by atoms with van der Waals surface area (Å²) in [6, 6.07) is 0. The number of hydrogen-bond donors (Lipinski definition) is 1. The standard InChI is InChI=1S/C11H15NO5S/c13-11(14)6-9-7-12-10(17-9)5-8-1-3-18(15,16)4-2-8/h7-8H,1-6H2,(H,13,14). The maximum Gasteiger partial charge on any atom is 0.311 e. The molecule has 0 bridgehead atoms. The summed E-state index contributed by atoms with van der Waals surface area (Å²) in [5.74, 6) is 0.573. The van der Waals surface area contributed by atoms with Crippen molar-refractivity contribution in [2.24, 2.45) is 5.92 Å². The zero-order valence-electron chi connectivity index (χ0n) is 9.83. The Balaban J connectivity index is 1.90. The van der Waals surface area contributed by atoms with Crippen molar-refractivity contribution in [1.29, 1.82) is 0 Å². The van der Waals surface area contributed by atoms with Gasteiger partial charge >= 0.3 is 5.97 Å². The van der Waals surface area contributed by atoms with Crippen LogP contribution in [0.4, 0.5) is 0 Å². The molecule has 0 saturated carbocycles. The van der Waals surface area contributed by atoms with Gasteiger partial charge in [0.15, 0.2) is 5.89 Å². The van der Waals surface area contributed by atoms with E-state index in [0.717, 1.165) is 0 Å². The van der Waals surface area contributed by atoms with E-state index in [1.54, 1.807) is 0 Å². The second kappa shape index (κ2) is 5.09. The zero-order chi connectivity index (χ0) is 13.2. The number of nitrogens with zero attached hydrogens (tertiary/aromatic N) is 1. The molecule has 0 amide bonds. The molecule has 1 aliphatic rings. The molecule has 1 aromatic heterocycles. The van der Waals surface area contributed by atoms with Crippen LogP contribution >= 0.6 is 0 Å². The van der Waals surface area contributed by atoms with E-state index < -0.39 is 15.8 Å². The maximum atomic E-state index is 11.3. The highest BCUT2D eigenvalue weighted by Gasteiger charge is 2.25. The Morgan fingerprint density at radius 1 is 1.44 bits per heavy atom. The van der Waals surface area contributed by atoms with Gasteiger partial charge in [-0.05, 0) is 18.8 Å². The predicted molar refractivity (Wildman–Crippen MR) is 62.9 cm³/mol. The molecule has 0 aliphatic carbocycles. The number of rotatable bonds is 4. The fourth-order valence-corrected chi connectivity index (χ4v) is 3.65. The molecule has 1 saturated heterocycles. The van der Waals surface area contributed by atoms with Crippen LogP contribution in [0.15, 0.2) is 10.6 Å². The fraction of sp³-hybridized carbons (Fsp3) is 0.636. The van der Waals surface area contributed by atoms with Gasteiger partial charge in [0.2, 0.25) is 0 Å². The highest BCUT2D eigenvalue weighted by molar-refractivity contribution is 7.91. The average Bonchev–Trinajstić information content (AvgIpc) is 2.68. The molecule has 18 heavy (non-hydrogen) atoms. The number of aliphatic carboxylic acids is 1. The van der Waals surface area contributed by atoms with Crippen molar-refractivity contribution in [3.05, 3.63) is 17.8 Å². The highest BCUT2D eigenvalue weighted by Crippen LogP contribution is 2.22. The van der Waals surface area contributed by atoms with Crippen LogP contribution in [0.2, 0.25) is 0 Å². The van der Waals surface area contributed by atoms with Crippen LogP contribution in [0, 0.1) is 5.92 Å². The first-order valence-corrected chi connectivity index (χ1v) is 7.62. The van der Waals surface area contributed by atoms with Crippen molar-refractivity contribution in [2.75, 3.05) is 11.5 Å². The molecule has 1 fully saturated rings. The molecule has 100 valence electrons. The molecule has 2 heterocycles. The number of carboxylic acids is 1. The van der Waals surface area contributed by atoms with E-state index >= 15 is 0 Å². The lowest BCUT2D eigenvalue weighted by Gasteiger charge is -2.20. The topological polar surface area (TPSA) is 97.5 Å². The van der Waals surface area contributed by atoms with E-state index in [0.29, 0.717) is 30.9 Å². The minimum atomic E-state index is -2.85. The van der Waals surface area contributed by atoms with E-state index in [-0.39, 0.29) is 23.8 Å². The largest absolute Gasteiger partial charge is 0.481 e. The van der Waals surface area contributed by atoms with Crippen LogP contribution in [0.1, 0.15) is 24.5 Å². The van der Waals surface area contributed by atoms with Gasteiger partial charge in [-0.15, -0.1) is 0 Å². The van der Waals surface area contributed by atoms with Crippen LogP contribution in [0.3, 0.4) is 0 Å². The van der Waals surface area contributed by atoms with Crippen molar-refractivity contribution in [3.8, 4) is 0 Å². The smallest absolute Gasteiger partial charge is 0.311 e. The molecule has 7 heteroatoms. The van der Waals surface area contributed by atoms with Gasteiger partial charge in [0, 0.05) is 6.42 Å². The molecule has 0 aromatic carbocycles. The Hall–Kier alpha value is -1.37. The minimum Gasteiger partial charge on any atom is -0.481 e. The second-order valence-electron chi connectivity index (χ2n) is 4.59. The Morgan fingerprint density at radius 3 is 2.72 bits per heavy atom. The molecular weight excluding hydrogens is 258 g/mol. The summed E-state index contributed by atoms with van der Waals surface area (Å²) in [5, 5.41) is 8.60. The second-order valence-corrected chi connectivity index (χ2v) is 6.89. The Kier molecular flexibility index (Phi) is 3.70. The summed E-state index contributed by atoms with van der Waals surface area (Å²) in [5.41, 5.74) is 0. The molecule has 1 aromatic rings. The van der Waals surface area contributed by atoms with Crippen molar-refractivity contribution in [2.45, 2.75) is 25.7 Å². The monoisotopic (exact) mass is 273 g/mol. The first kappa shape index (κ1) is 13.1. The highest BCUT2D eigenvalue weighted by atomic mass is 32.2. The number of carbonyl (C=O) groups is 1. The molecule has 1 N–H and O–H groups in total. The molecule has 2 rings (SSSR count). The summed E-state index contributed by atoms with van der Waals surface area (Å²) >= 11 is 0. The van der Waals surface area contributed by atoms with Gasteiger partial charge in [-0.25, -0.2) is 13.4 Å². The number of hydrogen-bond acceptors (Lipinski definition) is 5. The van der Waals surface area contributed by atoms with Gasteiger partial charge < -0.3 is 9.52 Å². The summed E-state index contributed by atoms with van der Waals surface area (Å²) < 4.78 is 27.8. The molecule has 0 spiro atoms. The van der Waals surface area contributed by atoms with E-state index in [1.165, 1.54) is 6.20 Å². The molecular formula is C11H15NO5S. The molecule has 1 aliphatic heterocycles. The van der Waals surface area contributed by atoms with Gasteiger partial charge in [0.05, 0.1) is 17.7 Å². The van der Waals surface area contributed by atoms with E-state index in [2.05, 4.69) is 4.98 Å². The van der Waals surface area contributed by atoms with Crippen LogP contribution < -0.4 is 0 Å². The van der Waals surface area contributed by atoms with E-state index in [4.69, 9.17) is 9.52 Å². The predicted octanol–water partition coefficient (Wildman–Crippen LogP) is 0.669.